The van der Waals surface area contributed by atoms with Crippen LogP contribution in [0.1, 0.15) is 170 Å². The van der Waals surface area contributed by atoms with E-state index in [0.29, 0.717) is 73.4 Å². The first-order chi connectivity index (χ1) is 50.2. The summed E-state index contributed by atoms with van der Waals surface area (Å²) in [4.78, 5) is 167. The maximum absolute atomic E-state index is 14.9. The summed E-state index contributed by atoms with van der Waals surface area (Å²) in [5, 5.41) is 38.9. The van der Waals surface area contributed by atoms with Gasteiger partial charge in [0.05, 0.1) is 61.5 Å². The number of carboxylic acids is 1. The first-order valence-corrected chi connectivity index (χ1v) is 37.9. The Hall–Kier alpha value is -8.58. The van der Waals surface area contributed by atoms with Gasteiger partial charge in [-0.05, 0) is 117 Å². The number of likely N-dealkylation sites (N-methyl/N-ethyl adjacent to an activating group) is 2. The van der Waals surface area contributed by atoms with Crippen LogP contribution >= 0.6 is 11.8 Å². The summed E-state index contributed by atoms with van der Waals surface area (Å²) in [7, 11) is 7.55. The van der Waals surface area contributed by atoms with Crippen molar-refractivity contribution in [2.75, 3.05) is 66.1 Å². The fraction of sp³-hybridized carbons (Fsp3) is 0.667. The van der Waals surface area contributed by atoms with Gasteiger partial charge in [-0.25, -0.2) is 9.59 Å². The molecular formula is C75H116N12O18S. The molecule has 2 aliphatic heterocycles. The molecular weight excluding hydrogens is 1390 g/mol. The number of methoxy groups -OCH3 is 3. The molecule has 2 aromatic rings. The average Bonchev–Trinajstić information content (AvgIpc) is 1.61. The summed E-state index contributed by atoms with van der Waals surface area (Å²) in [6.07, 6.45) is 2.72. The summed E-state index contributed by atoms with van der Waals surface area (Å²) in [5.74, 6) is -5.98. The van der Waals surface area contributed by atoms with Crippen molar-refractivity contribution in [1.29, 1.82) is 0 Å². The summed E-state index contributed by atoms with van der Waals surface area (Å²) >= 11 is 1.35. The van der Waals surface area contributed by atoms with Crippen LogP contribution in [-0.2, 0) is 68.8 Å². The van der Waals surface area contributed by atoms with E-state index in [4.69, 9.17) is 24.7 Å². The SMILES string of the molecule is CC[C@H](C)[C@@H]([C@@H](CC(=O)N1CCC[C@H]1[C@H](OC)[C@@H](C)C(=O)N[C@H](C)/C(=N/O)c1cccc(OC)c1)OC)N(C)C(=O)[C@@H](NC(=O)[C@H](C(C)C)N(C)C(=O)OCc1ccc(NC(=O)[C@H](CCCNC(N)=O)NC(=O)[C@@H](NC(=O)CCCCCN2C(=O)CC(SCC3(CC(=O)O)CC3)C2=O)C(C)C)cc1)C(C)C. The third-order valence-corrected chi connectivity index (χ3v) is 21.9. The van der Waals surface area contributed by atoms with Crippen LogP contribution in [0.3, 0.4) is 0 Å². The fourth-order valence-corrected chi connectivity index (χ4v) is 15.3. The Labute approximate surface area is 627 Å². The molecule has 30 nitrogen and oxygen atoms in total. The van der Waals surface area contributed by atoms with Gasteiger partial charge in [0.15, 0.2) is 0 Å². The van der Waals surface area contributed by atoms with E-state index in [2.05, 4.69) is 37.1 Å². The van der Waals surface area contributed by atoms with Crippen molar-refractivity contribution in [1.82, 2.24) is 46.2 Å². The van der Waals surface area contributed by atoms with Gasteiger partial charge in [-0.2, -0.15) is 0 Å². The van der Waals surface area contributed by atoms with Gasteiger partial charge in [0, 0.05) is 77.8 Å². The van der Waals surface area contributed by atoms with Crippen molar-refractivity contribution in [3.63, 3.8) is 0 Å². The number of carbonyl (C=O) groups excluding carboxylic acids is 11. The molecule has 0 aromatic heterocycles. The number of thioether (sulfide) groups is 1. The number of hydrogen-bond donors (Lipinski definition) is 9. The van der Waals surface area contributed by atoms with E-state index < -0.39 is 131 Å². The summed E-state index contributed by atoms with van der Waals surface area (Å²) in [6, 6.07) is 6.29. The third kappa shape index (κ3) is 25.3. The number of likely N-dealkylation sites (tertiary alicyclic amines) is 2. The molecule has 5 rings (SSSR count). The molecule has 0 bridgehead atoms. The van der Waals surface area contributed by atoms with Crippen molar-refractivity contribution < 1.29 is 86.8 Å². The van der Waals surface area contributed by atoms with Crippen molar-refractivity contribution in [2.45, 2.75) is 225 Å². The number of urea groups is 1. The molecule has 106 heavy (non-hydrogen) atoms. The van der Waals surface area contributed by atoms with Gasteiger partial charge in [-0.15, -0.1) is 11.8 Å². The number of benzene rings is 2. The molecule has 2 aromatic carbocycles. The van der Waals surface area contributed by atoms with E-state index in [-0.39, 0.29) is 98.9 Å². The molecule has 0 radical (unpaired) electrons. The Morgan fingerprint density at radius 2 is 1.46 bits per heavy atom. The lowest BCUT2D eigenvalue weighted by Gasteiger charge is -2.41. The van der Waals surface area contributed by atoms with E-state index in [1.807, 2.05) is 13.8 Å². The molecule has 3 aliphatic rings. The van der Waals surface area contributed by atoms with Crippen molar-refractivity contribution in [3.8, 4) is 5.75 Å². The minimum atomic E-state index is -1.14. The Morgan fingerprint density at radius 1 is 0.783 bits per heavy atom. The monoisotopic (exact) mass is 1500 g/mol. The van der Waals surface area contributed by atoms with E-state index in [9.17, 15) is 67.8 Å². The number of unbranched alkanes of at least 4 members (excludes halogenated alkanes) is 2. The molecule has 10 N–H and O–H groups in total. The van der Waals surface area contributed by atoms with Crippen LogP contribution in [0.25, 0.3) is 0 Å². The predicted molar refractivity (Wildman–Crippen MR) is 399 cm³/mol. The molecule has 2 saturated heterocycles. The van der Waals surface area contributed by atoms with Crippen LogP contribution in [0.2, 0.25) is 0 Å². The number of carboxylic acid groups (broad SMARTS) is 1. The number of primary amides is 1. The second kappa shape index (κ2) is 42.1. The average molecular weight is 1510 g/mol. The molecule has 12 atom stereocenters. The normalized spacial score (nSPS) is 18.5. The van der Waals surface area contributed by atoms with Crippen molar-refractivity contribution in [3.05, 3.63) is 59.7 Å². The highest BCUT2D eigenvalue weighted by molar-refractivity contribution is 8.00. The number of carbonyl (C=O) groups is 12. The lowest BCUT2D eigenvalue weighted by atomic mass is 9.89. The highest BCUT2D eigenvalue weighted by Crippen LogP contribution is 2.52. The maximum atomic E-state index is 14.9. The second-order valence-corrected chi connectivity index (χ2v) is 30.6. The number of nitrogens with one attached hydrogen (secondary N) is 6. The molecule has 0 spiro atoms. The summed E-state index contributed by atoms with van der Waals surface area (Å²) in [5.41, 5.74) is 6.56. The van der Waals surface area contributed by atoms with Crippen molar-refractivity contribution in [2.24, 2.45) is 45.9 Å². The number of nitrogens with zero attached hydrogens (tertiary/aromatic N) is 5. The van der Waals surface area contributed by atoms with Crippen LogP contribution in [-0.4, -0.2) is 227 Å². The molecule has 3 fully saturated rings. The number of rotatable bonds is 44. The largest absolute Gasteiger partial charge is 0.497 e. The van der Waals surface area contributed by atoms with Gasteiger partial charge in [0.25, 0.3) is 0 Å². The van der Waals surface area contributed by atoms with Gasteiger partial charge in [0.1, 0.15) is 42.2 Å². The smallest absolute Gasteiger partial charge is 0.410 e. The number of amides is 12. The number of oxime groups is 1. The highest BCUT2D eigenvalue weighted by Gasteiger charge is 2.48. The number of aliphatic carboxylic acids is 1. The molecule has 12 amide bonds. The van der Waals surface area contributed by atoms with Crippen LogP contribution < -0.4 is 42.4 Å². The fourth-order valence-electron chi connectivity index (χ4n) is 13.8. The summed E-state index contributed by atoms with van der Waals surface area (Å²) < 4.78 is 23.1. The van der Waals surface area contributed by atoms with Gasteiger partial charge >= 0.3 is 18.1 Å². The first kappa shape index (κ1) is 88.1. The Bertz CT molecular complexity index is 3370. The lowest BCUT2D eigenvalue weighted by Crippen LogP contribution is -2.60. The Morgan fingerprint density at radius 3 is 2.05 bits per heavy atom. The Kier molecular flexibility index (Phi) is 35.0. The van der Waals surface area contributed by atoms with Crippen LogP contribution in [0.15, 0.2) is 53.7 Å². The highest BCUT2D eigenvalue weighted by atomic mass is 32.2. The maximum Gasteiger partial charge on any atom is 0.410 e. The zero-order valence-electron chi connectivity index (χ0n) is 64.4. The van der Waals surface area contributed by atoms with Gasteiger partial charge in [-0.1, -0.05) is 105 Å². The minimum absolute atomic E-state index is 0.0415. The van der Waals surface area contributed by atoms with Crippen LogP contribution in [0, 0.1) is 35.0 Å². The first-order valence-electron chi connectivity index (χ1n) is 36.9. The number of anilines is 1. The molecule has 31 heteroatoms. The van der Waals surface area contributed by atoms with Gasteiger partial charge < -0.3 is 76.7 Å². The van der Waals surface area contributed by atoms with E-state index in [1.165, 1.54) is 49.9 Å². The zero-order chi connectivity index (χ0) is 78.9. The molecule has 1 unspecified atom stereocenters. The number of imide groups is 1. The number of nitrogens with two attached hydrogens (primary N) is 1. The molecule has 590 valence electrons. The van der Waals surface area contributed by atoms with E-state index in [1.54, 1.807) is 116 Å². The quantitative estimate of drug-likeness (QED) is 0.0114. The zero-order valence-corrected chi connectivity index (χ0v) is 65.2. The van der Waals surface area contributed by atoms with E-state index >= 15 is 0 Å². The standard InChI is InChI=1S/C75H116N12O18S/c1-16-46(8)65(55(103-14)38-58(89)86-36-22-26-54(86)66(104-15)47(9)67(93)78-48(10)63(83-101)50-23-20-24-52(37-50)102-13)84(11)72(98)62(44(4)5)82-70(96)64(45(6)7)85(12)74(100)105-41-49-28-30-51(31-29-49)79-68(94)53(25-21-34-77-73(76)99)80-69(95)61(43(2)3)81-57(88)27-18-17-19-35-87-59(90)39-56(71(87)97)106-42-75(32-33-75)40-60(91)92/h20,23-24,28-31,37,43-48,53-56,61-62,64-66,101H,16-19,21-22,25-27,32-36,38-42H2,1-15H3,(H,78,93)(H,79,94)(H,80,95)(H,81,88)(H,82,96)(H,91,92)(H3,76,77,99)/b83-63-/t46-,47+,48+,53-,54-,55+,56?,61-,62-,64-,65-,66+/m0/s1. The summed E-state index contributed by atoms with van der Waals surface area (Å²) in [6.45, 7) is 18.4. The lowest BCUT2D eigenvalue weighted by molar-refractivity contribution is -0.148. The Balaban J connectivity index is 1.15. The molecule has 1 saturated carbocycles. The third-order valence-electron chi connectivity index (χ3n) is 20.3. The molecule has 2 heterocycles. The minimum Gasteiger partial charge on any atom is -0.497 e. The van der Waals surface area contributed by atoms with Crippen molar-refractivity contribution >= 4 is 94.4 Å². The van der Waals surface area contributed by atoms with E-state index in [0.717, 1.165) is 17.7 Å². The van der Waals surface area contributed by atoms with Gasteiger partial charge in [-0.3, -0.25) is 57.7 Å². The van der Waals surface area contributed by atoms with Crippen LogP contribution in [0.4, 0.5) is 15.3 Å². The topological polar surface area (TPSA) is 406 Å². The predicted octanol–water partition coefficient (Wildman–Crippen LogP) is 6.42. The number of ether oxygens (including phenoxy) is 4. The van der Waals surface area contributed by atoms with Gasteiger partial charge in [0.2, 0.25) is 53.2 Å². The number of hydrogen-bond acceptors (Lipinski definition) is 19. The van der Waals surface area contributed by atoms with Crippen LogP contribution in [0.5, 0.6) is 5.75 Å². The molecule has 1 aliphatic carbocycles. The second-order valence-electron chi connectivity index (χ2n) is 29.4.